The molecule has 0 aliphatic carbocycles. The van der Waals surface area contributed by atoms with Crippen LogP contribution in [-0.4, -0.2) is 27.8 Å². The van der Waals surface area contributed by atoms with Gasteiger partial charge in [0.2, 0.25) is 0 Å². The standard InChI is InChI=1S/C8H11N3O5/c9-3-7(12)8(13)5-4-10(14)2-1-6(5)11(15)16/h1-2,4,7-8,12-13H,3,9H2. The molecule has 8 nitrogen and oxygen atoms in total. The second kappa shape index (κ2) is 4.84. The molecule has 1 aromatic heterocycles. The number of aromatic nitrogens is 1. The fraction of sp³-hybridized carbons (Fsp3) is 0.375. The fourth-order valence-corrected chi connectivity index (χ4v) is 1.22. The maximum Gasteiger partial charge on any atom is 0.287 e. The molecule has 0 aliphatic heterocycles. The summed E-state index contributed by atoms with van der Waals surface area (Å²) in [7, 11) is 0. The van der Waals surface area contributed by atoms with Gasteiger partial charge in [-0.05, 0) is 0 Å². The van der Waals surface area contributed by atoms with Crippen molar-refractivity contribution in [2.75, 3.05) is 6.54 Å². The third-order valence-corrected chi connectivity index (χ3v) is 2.06. The van der Waals surface area contributed by atoms with Crippen molar-refractivity contribution < 1.29 is 19.9 Å². The smallest absolute Gasteiger partial charge is 0.287 e. The molecule has 88 valence electrons. The maximum atomic E-state index is 11.0. The first-order valence-electron chi connectivity index (χ1n) is 4.40. The van der Waals surface area contributed by atoms with E-state index >= 15 is 0 Å². The number of nitrogens with two attached hydrogens (primary N) is 1. The van der Waals surface area contributed by atoms with Crippen molar-refractivity contribution in [3.05, 3.63) is 39.3 Å². The molecule has 1 aromatic rings. The first-order chi connectivity index (χ1) is 7.47. The fourth-order valence-electron chi connectivity index (χ4n) is 1.22. The number of aliphatic hydroxyl groups is 2. The molecule has 1 heterocycles. The summed E-state index contributed by atoms with van der Waals surface area (Å²) in [6, 6.07) is 0.953. The highest BCUT2D eigenvalue weighted by atomic mass is 16.6. The molecule has 1 rings (SSSR count). The van der Waals surface area contributed by atoms with E-state index in [2.05, 4.69) is 0 Å². The molecule has 0 saturated carbocycles. The van der Waals surface area contributed by atoms with Crippen molar-refractivity contribution in [3.63, 3.8) is 0 Å². The number of hydrogen-bond acceptors (Lipinski definition) is 6. The molecule has 8 heteroatoms. The third kappa shape index (κ3) is 2.42. The zero-order valence-corrected chi connectivity index (χ0v) is 8.18. The predicted molar refractivity (Wildman–Crippen MR) is 52.1 cm³/mol. The Balaban J connectivity index is 3.19. The molecule has 0 amide bonds. The van der Waals surface area contributed by atoms with Crippen molar-refractivity contribution >= 4 is 5.69 Å². The van der Waals surface area contributed by atoms with Crippen LogP contribution in [0.4, 0.5) is 5.69 Å². The van der Waals surface area contributed by atoms with E-state index in [9.17, 15) is 25.5 Å². The van der Waals surface area contributed by atoms with Gasteiger partial charge in [0, 0.05) is 6.54 Å². The normalized spacial score (nSPS) is 14.4. The minimum Gasteiger partial charge on any atom is -0.619 e. The monoisotopic (exact) mass is 229 g/mol. The Kier molecular flexibility index (Phi) is 3.72. The Morgan fingerprint density at radius 1 is 1.56 bits per heavy atom. The average Bonchev–Trinajstić information content (AvgIpc) is 2.26. The summed E-state index contributed by atoms with van der Waals surface area (Å²) in [6.07, 6.45) is -1.15. The number of pyridine rings is 1. The van der Waals surface area contributed by atoms with E-state index in [1.165, 1.54) is 0 Å². The lowest BCUT2D eigenvalue weighted by Gasteiger charge is -2.15. The van der Waals surface area contributed by atoms with Gasteiger partial charge in [-0.15, -0.1) is 0 Å². The Morgan fingerprint density at radius 3 is 2.69 bits per heavy atom. The molecule has 2 atom stereocenters. The molecule has 0 fully saturated rings. The summed E-state index contributed by atoms with van der Waals surface area (Å²) in [5, 5.41) is 40.4. The van der Waals surface area contributed by atoms with Gasteiger partial charge < -0.3 is 21.2 Å². The van der Waals surface area contributed by atoms with E-state index in [1.54, 1.807) is 0 Å². The second-order valence-corrected chi connectivity index (χ2v) is 3.15. The van der Waals surface area contributed by atoms with Crippen LogP contribution in [0.2, 0.25) is 0 Å². The summed E-state index contributed by atoms with van der Waals surface area (Å²) in [4.78, 5) is 9.87. The molecule has 0 saturated heterocycles. The van der Waals surface area contributed by atoms with E-state index in [0.717, 1.165) is 18.5 Å². The van der Waals surface area contributed by atoms with Crippen molar-refractivity contribution in [3.8, 4) is 0 Å². The molecule has 0 aliphatic rings. The van der Waals surface area contributed by atoms with Crippen LogP contribution in [0.3, 0.4) is 0 Å². The lowest BCUT2D eigenvalue weighted by atomic mass is 10.1. The van der Waals surface area contributed by atoms with Crippen LogP contribution >= 0.6 is 0 Å². The van der Waals surface area contributed by atoms with E-state index < -0.39 is 22.8 Å². The van der Waals surface area contributed by atoms with Gasteiger partial charge >= 0.3 is 0 Å². The van der Waals surface area contributed by atoms with Gasteiger partial charge in [-0.25, -0.2) is 0 Å². The Bertz CT molecular complexity index is 397. The van der Waals surface area contributed by atoms with Gasteiger partial charge in [0.25, 0.3) is 5.69 Å². The lowest BCUT2D eigenvalue weighted by molar-refractivity contribution is -0.606. The SMILES string of the molecule is NCC(O)C(O)c1c[n+]([O-])ccc1[N+](=O)[O-]. The third-order valence-electron chi connectivity index (χ3n) is 2.06. The van der Waals surface area contributed by atoms with Gasteiger partial charge in [0.05, 0.1) is 17.1 Å². The van der Waals surface area contributed by atoms with Crippen LogP contribution in [0.25, 0.3) is 0 Å². The number of hydrogen-bond donors (Lipinski definition) is 3. The number of rotatable bonds is 4. The van der Waals surface area contributed by atoms with Crippen LogP contribution in [-0.2, 0) is 0 Å². The van der Waals surface area contributed by atoms with E-state index in [0.29, 0.717) is 4.73 Å². The molecular formula is C8H11N3O5. The minimum absolute atomic E-state index is 0.263. The van der Waals surface area contributed by atoms with E-state index in [4.69, 9.17) is 5.73 Å². The van der Waals surface area contributed by atoms with Crippen LogP contribution in [0.1, 0.15) is 11.7 Å². The molecule has 0 aromatic carbocycles. The van der Waals surface area contributed by atoms with Crippen molar-refractivity contribution in [1.82, 2.24) is 0 Å². The van der Waals surface area contributed by atoms with Crippen molar-refractivity contribution in [1.29, 1.82) is 0 Å². The van der Waals surface area contributed by atoms with Crippen LogP contribution in [0, 0.1) is 15.3 Å². The summed E-state index contributed by atoms with van der Waals surface area (Å²) < 4.78 is 0.300. The average molecular weight is 229 g/mol. The first-order valence-corrected chi connectivity index (χ1v) is 4.40. The van der Waals surface area contributed by atoms with Crippen molar-refractivity contribution in [2.24, 2.45) is 5.73 Å². The quantitative estimate of drug-likeness (QED) is 0.251. The molecule has 0 spiro atoms. The molecule has 2 unspecified atom stereocenters. The van der Waals surface area contributed by atoms with E-state index in [1.807, 2.05) is 0 Å². The zero-order valence-electron chi connectivity index (χ0n) is 8.18. The number of nitrogens with zero attached hydrogens (tertiary/aromatic N) is 2. The van der Waals surface area contributed by atoms with Gasteiger partial charge in [0.15, 0.2) is 12.4 Å². The highest BCUT2D eigenvalue weighted by Crippen LogP contribution is 2.25. The second-order valence-electron chi connectivity index (χ2n) is 3.15. The number of aliphatic hydroxyl groups excluding tert-OH is 2. The Hall–Kier alpha value is -1.77. The highest BCUT2D eigenvalue weighted by Gasteiger charge is 2.28. The summed E-state index contributed by atoms with van der Waals surface area (Å²) in [5.41, 5.74) is 4.41. The molecule has 4 N–H and O–H groups in total. The lowest BCUT2D eigenvalue weighted by Crippen LogP contribution is -2.31. The van der Waals surface area contributed by atoms with Gasteiger partial charge in [0.1, 0.15) is 11.7 Å². The molecule has 16 heavy (non-hydrogen) atoms. The summed E-state index contributed by atoms with van der Waals surface area (Å²) in [5.74, 6) is 0. The minimum atomic E-state index is -1.56. The largest absolute Gasteiger partial charge is 0.619 e. The summed E-state index contributed by atoms with van der Waals surface area (Å²) in [6.45, 7) is -0.272. The number of nitro groups is 1. The van der Waals surface area contributed by atoms with Gasteiger partial charge in [-0.1, -0.05) is 0 Å². The molecule has 0 radical (unpaired) electrons. The highest BCUT2D eigenvalue weighted by molar-refractivity contribution is 5.38. The Morgan fingerprint density at radius 2 is 2.19 bits per heavy atom. The van der Waals surface area contributed by atoms with Gasteiger partial charge in [-0.3, -0.25) is 10.1 Å². The van der Waals surface area contributed by atoms with Crippen LogP contribution in [0.5, 0.6) is 0 Å². The first kappa shape index (κ1) is 12.3. The predicted octanol–water partition coefficient (Wildman–Crippen LogP) is -1.42. The topological polar surface area (TPSA) is 137 Å². The van der Waals surface area contributed by atoms with Crippen LogP contribution < -0.4 is 10.5 Å². The maximum absolute atomic E-state index is 11.0. The van der Waals surface area contributed by atoms with E-state index in [-0.39, 0.29) is 12.1 Å². The molecular weight excluding hydrogens is 218 g/mol. The van der Waals surface area contributed by atoms with Crippen LogP contribution in [0.15, 0.2) is 18.5 Å². The Labute approximate surface area is 90.3 Å². The van der Waals surface area contributed by atoms with Gasteiger partial charge in [-0.2, -0.15) is 4.73 Å². The van der Waals surface area contributed by atoms with Crippen molar-refractivity contribution in [2.45, 2.75) is 12.2 Å². The molecule has 0 bridgehead atoms. The zero-order chi connectivity index (χ0) is 12.3. The summed E-state index contributed by atoms with van der Waals surface area (Å²) >= 11 is 0.